The molecule has 0 radical (unpaired) electrons. The predicted molar refractivity (Wildman–Crippen MR) is 87.2 cm³/mol. The summed E-state index contributed by atoms with van der Waals surface area (Å²) >= 11 is 0. The summed E-state index contributed by atoms with van der Waals surface area (Å²) in [4.78, 5) is 29.0. The molecule has 1 fully saturated rings. The largest absolute Gasteiger partial charge is 0.383 e. The number of rotatable bonds is 6. The number of ether oxygens (including phenoxy) is 1. The monoisotopic (exact) mass is 315 g/mol. The molecule has 1 saturated heterocycles. The SMILES string of the molecule is COCCN1C[C@H](CNC(=O)c2ccc3cc[nH]c3c2)CC1=O. The van der Waals surface area contributed by atoms with Crippen LogP contribution in [-0.4, -0.2) is 55.0 Å². The Labute approximate surface area is 134 Å². The fourth-order valence-corrected chi connectivity index (χ4v) is 2.94. The van der Waals surface area contributed by atoms with E-state index in [-0.39, 0.29) is 17.7 Å². The second-order valence-corrected chi connectivity index (χ2v) is 5.89. The number of aromatic amines is 1. The lowest BCUT2D eigenvalue weighted by molar-refractivity contribution is -0.128. The van der Waals surface area contributed by atoms with E-state index in [1.165, 1.54) is 0 Å². The van der Waals surface area contributed by atoms with Crippen LogP contribution in [0.25, 0.3) is 10.9 Å². The Hall–Kier alpha value is -2.34. The van der Waals surface area contributed by atoms with Crippen molar-refractivity contribution < 1.29 is 14.3 Å². The Bertz CT molecular complexity index is 710. The lowest BCUT2D eigenvalue weighted by Gasteiger charge is -2.16. The highest BCUT2D eigenvalue weighted by Crippen LogP contribution is 2.17. The number of methoxy groups -OCH3 is 1. The van der Waals surface area contributed by atoms with Crippen molar-refractivity contribution in [2.75, 3.05) is 33.4 Å². The van der Waals surface area contributed by atoms with Gasteiger partial charge in [0.1, 0.15) is 0 Å². The van der Waals surface area contributed by atoms with E-state index in [9.17, 15) is 9.59 Å². The van der Waals surface area contributed by atoms with Gasteiger partial charge in [-0.15, -0.1) is 0 Å². The molecule has 0 aliphatic carbocycles. The van der Waals surface area contributed by atoms with Gasteiger partial charge in [0.25, 0.3) is 5.91 Å². The molecule has 2 aromatic rings. The van der Waals surface area contributed by atoms with Crippen LogP contribution in [-0.2, 0) is 9.53 Å². The van der Waals surface area contributed by atoms with E-state index in [2.05, 4.69) is 10.3 Å². The van der Waals surface area contributed by atoms with Crippen LogP contribution in [0, 0.1) is 5.92 Å². The number of likely N-dealkylation sites (tertiary alicyclic amines) is 1. The van der Waals surface area contributed by atoms with Crippen LogP contribution in [0.3, 0.4) is 0 Å². The van der Waals surface area contributed by atoms with Crippen molar-refractivity contribution in [1.82, 2.24) is 15.2 Å². The van der Waals surface area contributed by atoms with Crippen molar-refractivity contribution in [3.05, 3.63) is 36.0 Å². The number of carbonyl (C=O) groups excluding carboxylic acids is 2. The zero-order valence-electron chi connectivity index (χ0n) is 13.2. The second-order valence-electron chi connectivity index (χ2n) is 5.89. The minimum Gasteiger partial charge on any atom is -0.383 e. The molecule has 6 nitrogen and oxygen atoms in total. The molecular formula is C17H21N3O3. The smallest absolute Gasteiger partial charge is 0.251 e. The zero-order valence-corrected chi connectivity index (χ0v) is 13.2. The second kappa shape index (κ2) is 6.83. The van der Waals surface area contributed by atoms with Gasteiger partial charge in [-0.3, -0.25) is 9.59 Å². The van der Waals surface area contributed by atoms with Gasteiger partial charge < -0.3 is 19.9 Å². The van der Waals surface area contributed by atoms with E-state index in [4.69, 9.17) is 4.74 Å². The first-order valence-electron chi connectivity index (χ1n) is 7.79. The number of carbonyl (C=O) groups is 2. The lowest BCUT2D eigenvalue weighted by Crippen LogP contribution is -2.32. The van der Waals surface area contributed by atoms with Gasteiger partial charge in [-0.2, -0.15) is 0 Å². The lowest BCUT2D eigenvalue weighted by atomic mass is 10.1. The zero-order chi connectivity index (χ0) is 16.2. The summed E-state index contributed by atoms with van der Waals surface area (Å²) in [5.41, 5.74) is 1.57. The maximum absolute atomic E-state index is 12.3. The molecule has 2 heterocycles. The summed E-state index contributed by atoms with van der Waals surface area (Å²) in [6.07, 6.45) is 2.34. The molecule has 2 N–H and O–H groups in total. The van der Waals surface area contributed by atoms with Crippen LogP contribution >= 0.6 is 0 Å². The van der Waals surface area contributed by atoms with Crippen molar-refractivity contribution in [3.8, 4) is 0 Å². The van der Waals surface area contributed by atoms with Crippen molar-refractivity contribution in [2.24, 2.45) is 5.92 Å². The normalized spacial score (nSPS) is 17.9. The number of hydrogen-bond donors (Lipinski definition) is 2. The number of nitrogens with one attached hydrogen (secondary N) is 2. The van der Waals surface area contributed by atoms with E-state index in [1.54, 1.807) is 12.0 Å². The minimum atomic E-state index is -0.107. The van der Waals surface area contributed by atoms with Gasteiger partial charge in [0.15, 0.2) is 0 Å². The van der Waals surface area contributed by atoms with E-state index in [0.717, 1.165) is 10.9 Å². The number of hydrogen-bond acceptors (Lipinski definition) is 3. The maximum Gasteiger partial charge on any atom is 0.251 e. The summed E-state index contributed by atoms with van der Waals surface area (Å²) in [5, 5.41) is 4.01. The van der Waals surface area contributed by atoms with Crippen LogP contribution in [0.2, 0.25) is 0 Å². The number of H-pyrrole nitrogens is 1. The standard InChI is InChI=1S/C17H21N3O3/c1-23-7-6-20-11-12(8-16(20)21)10-19-17(22)14-3-2-13-4-5-18-15(13)9-14/h2-5,9,12,18H,6-8,10-11H2,1H3,(H,19,22)/t12-/m0/s1. The molecule has 1 aliphatic heterocycles. The first-order chi connectivity index (χ1) is 11.2. The topological polar surface area (TPSA) is 74.4 Å². The van der Waals surface area contributed by atoms with E-state index >= 15 is 0 Å². The molecule has 1 aromatic heterocycles. The number of amides is 2. The van der Waals surface area contributed by atoms with Crippen LogP contribution in [0.4, 0.5) is 0 Å². The predicted octanol–water partition coefficient (Wildman–Crippen LogP) is 1.39. The molecule has 0 spiro atoms. The van der Waals surface area contributed by atoms with Crippen molar-refractivity contribution >= 4 is 22.7 Å². The van der Waals surface area contributed by atoms with Crippen molar-refractivity contribution in [1.29, 1.82) is 0 Å². The van der Waals surface area contributed by atoms with Gasteiger partial charge in [0, 0.05) is 56.4 Å². The highest BCUT2D eigenvalue weighted by Gasteiger charge is 2.29. The third-order valence-corrected chi connectivity index (χ3v) is 4.23. The highest BCUT2D eigenvalue weighted by molar-refractivity contribution is 5.97. The molecule has 122 valence electrons. The number of aromatic nitrogens is 1. The summed E-state index contributed by atoms with van der Waals surface area (Å²) in [6, 6.07) is 7.55. The molecule has 0 unspecified atom stereocenters. The first kappa shape index (κ1) is 15.6. The van der Waals surface area contributed by atoms with Crippen LogP contribution < -0.4 is 5.32 Å². The fourth-order valence-electron chi connectivity index (χ4n) is 2.94. The summed E-state index contributed by atoms with van der Waals surface area (Å²) in [7, 11) is 1.62. The fraction of sp³-hybridized carbons (Fsp3) is 0.412. The molecule has 2 amide bonds. The van der Waals surface area contributed by atoms with E-state index in [0.29, 0.717) is 38.2 Å². The molecule has 6 heteroatoms. The van der Waals surface area contributed by atoms with Crippen molar-refractivity contribution in [2.45, 2.75) is 6.42 Å². The highest BCUT2D eigenvalue weighted by atomic mass is 16.5. The Kier molecular flexibility index (Phi) is 4.62. The molecular weight excluding hydrogens is 294 g/mol. The Morgan fingerprint density at radius 1 is 1.43 bits per heavy atom. The molecule has 1 atom stereocenters. The molecule has 0 saturated carbocycles. The third-order valence-electron chi connectivity index (χ3n) is 4.23. The summed E-state index contributed by atoms with van der Waals surface area (Å²) < 4.78 is 5.01. The number of benzene rings is 1. The molecule has 1 aliphatic rings. The maximum atomic E-state index is 12.3. The van der Waals surface area contributed by atoms with Gasteiger partial charge in [0.2, 0.25) is 5.91 Å². The number of fused-ring (bicyclic) bond motifs is 1. The Morgan fingerprint density at radius 2 is 2.30 bits per heavy atom. The van der Waals surface area contributed by atoms with Gasteiger partial charge >= 0.3 is 0 Å². The summed E-state index contributed by atoms with van der Waals surface area (Å²) in [6.45, 7) is 2.35. The Morgan fingerprint density at radius 3 is 3.13 bits per heavy atom. The Balaban J connectivity index is 1.54. The number of nitrogens with zero attached hydrogens (tertiary/aromatic N) is 1. The third kappa shape index (κ3) is 3.53. The van der Waals surface area contributed by atoms with Gasteiger partial charge in [-0.25, -0.2) is 0 Å². The average molecular weight is 315 g/mol. The van der Waals surface area contributed by atoms with Crippen LogP contribution in [0.15, 0.2) is 30.5 Å². The minimum absolute atomic E-state index is 0.107. The van der Waals surface area contributed by atoms with Gasteiger partial charge in [-0.1, -0.05) is 6.07 Å². The average Bonchev–Trinajstić information content (AvgIpc) is 3.16. The van der Waals surface area contributed by atoms with Gasteiger partial charge in [0.05, 0.1) is 6.61 Å². The van der Waals surface area contributed by atoms with Crippen LogP contribution in [0.5, 0.6) is 0 Å². The van der Waals surface area contributed by atoms with Gasteiger partial charge in [-0.05, 0) is 23.6 Å². The van der Waals surface area contributed by atoms with Crippen molar-refractivity contribution in [3.63, 3.8) is 0 Å². The molecule has 3 rings (SSSR count). The van der Waals surface area contributed by atoms with E-state index < -0.39 is 0 Å². The quantitative estimate of drug-likeness (QED) is 0.846. The first-order valence-corrected chi connectivity index (χ1v) is 7.79. The summed E-state index contributed by atoms with van der Waals surface area (Å²) in [5.74, 6) is 0.191. The molecule has 1 aromatic carbocycles. The van der Waals surface area contributed by atoms with Crippen LogP contribution in [0.1, 0.15) is 16.8 Å². The molecule has 0 bridgehead atoms. The van der Waals surface area contributed by atoms with E-state index in [1.807, 2.05) is 30.5 Å². The molecule has 23 heavy (non-hydrogen) atoms.